The lowest BCUT2D eigenvalue weighted by Crippen LogP contribution is -2.63. The Morgan fingerprint density at radius 2 is 1.44 bits per heavy atom. The molecular formula is C23H28O3Si. The number of carbonyl (C=O) groups is 2. The van der Waals surface area contributed by atoms with Crippen LogP contribution in [0.2, 0.25) is 6.04 Å². The molecule has 0 bridgehead atoms. The molecule has 0 aliphatic heterocycles. The highest BCUT2D eigenvalue weighted by molar-refractivity contribution is 6.97. The molecule has 0 heterocycles. The third-order valence-corrected chi connectivity index (χ3v) is 9.08. The molecule has 0 N–H and O–H groups in total. The Morgan fingerprint density at radius 3 is 1.89 bits per heavy atom. The van der Waals surface area contributed by atoms with Gasteiger partial charge in [-0.1, -0.05) is 86.7 Å². The van der Waals surface area contributed by atoms with Gasteiger partial charge in [-0.3, -0.25) is 0 Å². The normalized spacial score (nSPS) is 13.0. The van der Waals surface area contributed by atoms with E-state index in [0.29, 0.717) is 18.8 Å². The van der Waals surface area contributed by atoms with E-state index >= 15 is 0 Å². The van der Waals surface area contributed by atoms with Gasteiger partial charge in [-0.05, 0) is 28.8 Å². The molecule has 2 aromatic rings. The first-order chi connectivity index (χ1) is 13.1. The molecule has 0 fully saturated rings. The lowest BCUT2D eigenvalue weighted by Gasteiger charge is -2.36. The van der Waals surface area contributed by atoms with Crippen LogP contribution in [0.1, 0.15) is 26.7 Å². The molecule has 3 nitrogen and oxygen atoms in total. The van der Waals surface area contributed by atoms with Crippen LogP contribution in [0.25, 0.3) is 0 Å². The van der Waals surface area contributed by atoms with Gasteiger partial charge in [0.15, 0.2) is 0 Å². The molecule has 1 atom stereocenters. The predicted molar refractivity (Wildman–Crippen MR) is 113 cm³/mol. The van der Waals surface area contributed by atoms with Crippen molar-refractivity contribution in [2.24, 2.45) is 5.92 Å². The van der Waals surface area contributed by atoms with Crippen LogP contribution >= 0.6 is 0 Å². The molecular weight excluding hydrogens is 352 g/mol. The molecule has 0 saturated heterocycles. The van der Waals surface area contributed by atoms with Crippen molar-refractivity contribution in [2.45, 2.75) is 38.8 Å². The highest BCUT2D eigenvalue weighted by atomic mass is 28.4. The minimum atomic E-state index is -2.60. The average molecular weight is 381 g/mol. The Kier molecular flexibility index (Phi) is 8.36. The SMILES string of the molecule is CC(C)C[Si](OC(C=O)CC=CCC=O)(c1ccccc1)c1ccccc1. The monoisotopic (exact) mass is 380 g/mol. The molecule has 0 amide bonds. The maximum atomic E-state index is 11.8. The molecule has 0 aliphatic carbocycles. The van der Waals surface area contributed by atoms with Crippen LogP contribution in [0.3, 0.4) is 0 Å². The lowest BCUT2D eigenvalue weighted by atomic mass is 10.2. The van der Waals surface area contributed by atoms with E-state index < -0.39 is 14.4 Å². The maximum Gasteiger partial charge on any atom is 0.257 e. The fourth-order valence-electron chi connectivity index (χ4n) is 3.35. The summed E-state index contributed by atoms with van der Waals surface area (Å²) in [4.78, 5) is 22.3. The Morgan fingerprint density at radius 1 is 0.889 bits per heavy atom. The summed E-state index contributed by atoms with van der Waals surface area (Å²) in [5, 5.41) is 2.35. The minimum absolute atomic E-state index is 0.359. The largest absolute Gasteiger partial charge is 0.398 e. The third-order valence-electron chi connectivity index (χ3n) is 4.45. The van der Waals surface area contributed by atoms with Gasteiger partial charge < -0.3 is 14.0 Å². The standard InChI is InChI=1S/C23H28O3Si/c1-20(2)19-27(22-13-7-3-8-14-22,23-15-9-4-10-16-23)26-21(18-25)12-6-5-11-17-24/h3-10,13-18,20-21H,11-12,19H2,1-2H3. The summed E-state index contributed by atoms with van der Waals surface area (Å²) >= 11 is 0. The highest BCUT2D eigenvalue weighted by Crippen LogP contribution is 2.21. The van der Waals surface area contributed by atoms with Crippen LogP contribution in [-0.4, -0.2) is 27.0 Å². The lowest BCUT2D eigenvalue weighted by molar-refractivity contribution is -0.113. The third kappa shape index (κ3) is 5.84. The van der Waals surface area contributed by atoms with Crippen LogP contribution < -0.4 is 10.4 Å². The second-order valence-electron chi connectivity index (χ2n) is 7.06. The van der Waals surface area contributed by atoms with E-state index in [9.17, 15) is 9.59 Å². The van der Waals surface area contributed by atoms with Crippen LogP contribution in [0.4, 0.5) is 0 Å². The second-order valence-corrected chi connectivity index (χ2v) is 10.5. The summed E-state index contributed by atoms with van der Waals surface area (Å²) in [5.74, 6) is 0.426. The summed E-state index contributed by atoms with van der Waals surface area (Å²) in [5.41, 5.74) is 0. The summed E-state index contributed by atoms with van der Waals surface area (Å²) in [6.45, 7) is 4.38. The van der Waals surface area contributed by atoms with Gasteiger partial charge in [-0.15, -0.1) is 0 Å². The van der Waals surface area contributed by atoms with Crippen LogP contribution in [-0.2, 0) is 14.0 Å². The first-order valence-corrected chi connectivity index (χ1v) is 11.6. The van der Waals surface area contributed by atoms with Crippen molar-refractivity contribution in [3.8, 4) is 0 Å². The summed E-state index contributed by atoms with van der Waals surface area (Å²) < 4.78 is 6.68. The van der Waals surface area contributed by atoms with Crippen LogP contribution in [0, 0.1) is 5.92 Å². The highest BCUT2D eigenvalue weighted by Gasteiger charge is 2.42. The van der Waals surface area contributed by atoms with E-state index in [2.05, 4.69) is 38.1 Å². The number of hydrogen-bond donors (Lipinski definition) is 0. The molecule has 0 saturated carbocycles. The van der Waals surface area contributed by atoms with Crippen molar-refractivity contribution >= 4 is 31.3 Å². The first kappa shape index (κ1) is 21.0. The molecule has 4 heteroatoms. The number of benzene rings is 2. The van der Waals surface area contributed by atoms with E-state index in [4.69, 9.17) is 4.43 Å². The average Bonchev–Trinajstić information content (AvgIpc) is 2.70. The number of aldehydes is 2. The zero-order chi connectivity index (χ0) is 19.5. The van der Waals surface area contributed by atoms with Gasteiger partial charge in [-0.2, -0.15) is 0 Å². The molecule has 1 unspecified atom stereocenters. The zero-order valence-corrected chi connectivity index (χ0v) is 17.1. The smallest absolute Gasteiger partial charge is 0.257 e. The second kappa shape index (κ2) is 10.8. The van der Waals surface area contributed by atoms with E-state index in [-0.39, 0.29) is 0 Å². The molecule has 27 heavy (non-hydrogen) atoms. The predicted octanol–water partition coefficient (Wildman–Crippen LogP) is 3.52. The molecule has 0 radical (unpaired) electrons. The number of allylic oxidation sites excluding steroid dienone is 1. The van der Waals surface area contributed by atoms with Crippen molar-refractivity contribution in [1.29, 1.82) is 0 Å². The van der Waals surface area contributed by atoms with Crippen LogP contribution in [0.5, 0.6) is 0 Å². The fourth-order valence-corrected chi connectivity index (χ4v) is 7.80. The van der Waals surface area contributed by atoms with Gasteiger partial charge in [-0.25, -0.2) is 0 Å². The fraction of sp³-hybridized carbons (Fsp3) is 0.304. The molecule has 2 aromatic carbocycles. The van der Waals surface area contributed by atoms with Crippen LogP contribution in [0.15, 0.2) is 72.8 Å². The molecule has 0 aliphatic rings. The maximum absolute atomic E-state index is 11.8. The van der Waals surface area contributed by atoms with E-state index in [0.717, 1.165) is 18.6 Å². The summed E-state index contributed by atoms with van der Waals surface area (Å²) in [6.07, 6.45) is 5.68. The van der Waals surface area contributed by atoms with Gasteiger partial charge in [0.25, 0.3) is 8.32 Å². The van der Waals surface area contributed by atoms with Gasteiger partial charge in [0.05, 0.1) is 0 Å². The number of carbonyl (C=O) groups excluding carboxylic acids is 2. The van der Waals surface area contributed by atoms with Crippen molar-refractivity contribution < 1.29 is 14.0 Å². The molecule has 0 aromatic heterocycles. The van der Waals surface area contributed by atoms with Crippen molar-refractivity contribution in [2.75, 3.05) is 0 Å². The van der Waals surface area contributed by atoms with E-state index in [1.165, 1.54) is 10.4 Å². The Hall–Kier alpha value is -2.30. The molecule has 2 rings (SSSR count). The van der Waals surface area contributed by atoms with Gasteiger partial charge >= 0.3 is 0 Å². The number of hydrogen-bond acceptors (Lipinski definition) is 3. The Balaban J connectivity index is 2.46. The van der Waals surface area contributed by atoms with E-state index in [1.54, 1.807) is 6.08 Å². The Bertz CT molecular complexity index is 686. The summed E-state index contributed by atoms with van der Waals surface area (Å²) in [7, 11) is -2.60. The van der Waals surface area contributed by atoms with Gasteiger partial charge in [0.2, 0.25) is 0 Å². The van der Waals surface area contributed by atoms with Crippen molar-refractivity contribution in [1.82, 2.24) is 0 Å². The summed E-state index contributed by atoms with van der Waals surface area (Å²) in [6, 6.07) is 21.5. The topological polar surface area (TPSA) is 43.4 Å². The zero-order valence-electron chi connectivity index (χ0n) is 16.1. The van der Waals surface area contributed by atoms with Gasteiger partial charge in [0.1, 0.15) is 18.7 Å². The minimum Gasteiger partial charge on any atom is -0.398 e. The Labute approximate surface area is 163 Å². The number of rotatable bonds is 11. The van der Waals surface area contributed by atoms with Crippen molar-refractivity contribution in [3.63, 3.8) is 0 Å². The van der Waals surface area contributed by atoms with E-state index in [1.807, 2.05) is 42.5 Å². The molecule has 0 spiro atoms. The first-order valence-electron chi connectivity index (χ1n) is 9.45. The van der Waals surface area contributed by atoms with Crippen molar-refractivity contribution in [3.05, 3.63) is 72.8 Å². The molecule has 142 valence electrons. The van der Waals surface area contributed by atoms with Gasteiger partial charge in [0, 0.05) is 6.42 Å². The quantitative estimate of drug-likeness (QED) is 0.340.